The van der Waals surface area contributed by atoms with Crippen LogP contribution in [-0.2, 0) is 18.4 Å². The van der Waals surface area contributed by atoms with Crippen LogP contribution in [0.15, 0.2) is 48.5 Å². The molecule has 0 saturated carbocycles. The molecule has 0 bridgehead atoms. The standard InChI is InChI=1S/C16H16O/c1-16(17)11-14-8-3-2-6-12(14)10-13-7-4-5-9-15(13)16/h2-9,17H,10-11H2,1H3. The van der Waals surface area contributed by atoms with Crippen LogP contribution in [0.4, 0.5) is 0 Å². The van der Waals surface area contributed by atoms with E-state index in [0.717, 1.165) is 12.0 Å². The largest absolute Gasteiger partial charge is 0.385 e. The quantitative estimate of drug-likeness (QED) is 0.729. The van der Waals surface area contributed by atoms with Crippen LogP contribution < -0.4 is 0 Å². The molecule has 0 amide bonds. The molecule has 0 aliphatic heterocycles. The zero-order chi connectivity index (χ0) is 11.9. The molecular formula is C16H16O. The summed E-state index contributed by atoms with van der Waals surface area (Å²) in [7, 11) is 0. The minimum atomic E-state index is -0.761. The summed E-state index contributed by atoms with van der Waals surface area (Å²) in [6.45, 7) is 1.91. The first-order valence-corrected chi connectivity index (χ1v) is 6.04. The van der Waals surface area contributed by atoms with Crippen molar-refractivity contribution in [3.63, 3.8) is 0 Å². The SMILES string of the molecule is CC1(O)Cc2ccccc2Cc2ccccc21. The molecule has 2 aromatic rings. The van der Waals surface area contributed by atoms with Crippen molar-refractivity contribution in [2.45, 2.75) is 25.4 Å². The predicted molar refractivity (Wildman–Crippen MR) is 69.0 cm³/mol. The van der Waals surface area contributed by atoms with Crippen LogP contribution in [0.2, 0.25) is 0 Å². The number of aliphatic hydroxyl groups is 1. The molecule has 0 saturated heterocycles. The monoisotopic (exact) mass is 224 g/mol. The molecule has 0 aromatic heterocycles. The van der Waals surface area contributed by atoms with Gasteiger partial charge in [-0.15, -0.1) is 0 Å². The van der Waals surface area contributed by atoms with Crippen LogP contribution in [0, 0.1) is 0 Å². The Kier molecular flexibility index (Phi) is 2.30. The van der Waals surface area contributed by atoms with Crippen molar-refractivity contribution >= 4 is 0 Å². The Morgan fingerprint density at radius 2 is 1.47 bits per heavy atom. The summed E-state index contributed by atoms with van der Waals surface area (Å²) in [6, 6.07) is 16.6. The fraction of sp³-hybridized carbons (Fsp3) is 0.250. The number of hydrogen-bond acceptors (Lipinski definition) is 1. The summed E-state index contributed by atoms with van der Waals surface area (Å²) in [5, 5.41) is 10.7. The van der Waals surface area contributed by atoms with Crippen LogP contribution in [-0.4, -0.2) is 5.11 Å². The Hall–Kier alpha value is -1.60. The number of fused-ring (bicyclic) bond motifs is 2. The third-order valence-corrected chi connectivity index (χ3v) is 3.63. The van der Waals surface area contributed by atoms with E-state index in [9.17, 15) is 5.11 Å². The van der Waals surface area contributed by atoms with Gasteiger partial charge in [-0.3, -0.25) is 0 Å². The van der Waals surface area contributed by atoms with Gasteiger partial charge in [-0.05, 0) is 35.6 Å². The smallest absolute Gasteiger partial charge is 0.0911 e. The van der Waals surface area contributed by atoms with Crippen LogP contribution in [0.25, 0.3) is 0 Å². The van der Waals surface area contributed by atoms with Crippen molar-refractivity contribution < 1.29 is 5.11 Å². The highest BCUT2D eigenvalue weighted by Gasteiger charge is 2.29. The number of rotatable bonds is 0. The summed E-state index contributed by atoms with van der Waals surface area (Å²) in [4.78, 5) is 0. The molecule has 0 fully saturated rings. The van der Waals surface area contributed by atoms with E-state index in [-0.39, 0.29) is 0 Å². The van der Waals surface area contributed by atoms with Gasteiger partial charge in [-0.25, -0.2) is 0 Å². The summed E-state index contributed by atoms with van der Waals surface area (Å²) in [5.74, 6) is 0. The van der Waals surface area contributed by atoms with Gasteiger partial charge in [0.25, 0.3) is 0 Å². The zero-order valence-electron chi connectivity index (χ0n) is 9.98. The van der Waals surface area contributed by atoms with Gasteiger partial charge in [0.1, 0.15) is 0 Å². The van der Waals surface area contributed by atoms with Crippen LogP contribution >= 0.6 is 0 Å². The topological polar surface area (TPSA) is 20.2 Å². The van der Waals surface area contributed by atoms with Gasteiger partial charge in [-0.2, -0.15) is 0 Å². The lowest BCUT2D eigenvalue weighted by molar-refractivity contribution is 0.0577. The summed E-state index contributed by atoms with van der Waals surface area (Å²) >= 11 is 0. The fourth-order valence-corrected chi connectivity index (χ4v) is 2.77. The normalized spacial score (nSPS) is 22.5. The van der Waals surface area contributed by atoms with E-state index in [2.05, 4.69) is 24.3 Å². The van der Waals surface area contributed by atoms with Gasteiger partial charge in [0, 0.05) is 6.42 Å². The average Bonchev–Trinajstić information content (AvgIpc) is 2.42. The van der Waals surface area contributed by atoms with E-state index in [1.54, 1.807) is 0 Å². The van der Waals surface area contributed by atoms with Crippen molar-refractivity contribution in [3.8, 4) is 0 Å². The third-order valence-electron chi connectivity index (χ3n) is 3.63. The van der Waals surface area contributed by atoms with Crippen molar-refractivity contribution in [3.05, 3.63) is 70.8 Å². The lowest BCUT2D eigenvalue weighted by Crippen LogP contribution is -2.24. The van der Waals surface area contributed by atoms with Gasteiger partial charge in [0.15, 0.2) is 0 Å². The second kappa shape index (κ2) is 3.71. The average molecular weight is 224 g/mol. The highest BCUT2D eigenvalue weighted by Crippen LogP contribution is 2.34. The van der Waals surface area contributed by atoms with Crippen LogP contribution in [0.5, 0.6) is 0 Å². The minimum Gasteiger partial charge on any atom is -0.385 e. The zero-order valence-corrected chi connectivity index (χ0v) is 9.98. The second-order valence-electron chi connectivity index (χ2n) is 5.05. The van der Waals surface area contributed by atoms with Crippen molar-refractivity contribution in [2.24, 2.45) is 0 Å². The van der Waals surface area contributed by atoms with E-state index in [1.807, 2.05) is 31.2 Å². The molecule has 86 valence electrons. The van der Waals surface area contributed by atoms with Gasteiger partial charge < -0.3 is 5.11 Å². The predicted octanol–water partition coefficient (Wildman–Crippen LogP) is 3.04. The molecule has 1 aliphatic carbocycles. The Labute approximate surface area is 102 Å². The van der Waals surface area contributed by atoms with Crippen molar-refractivity contribution in [1.29, 1.82) is 0 Å². The highest BCUT2D eigenvalue weighted by molar-refractivity contribution is 5.43. The number of benzene rings is 2. The molecule has 1 aliphatic rings. The molecule has 1 atom stereocenters. The van der Waals surface area contributed by atoms with Gasteiger partial charge >= 0.3 is 0 Å². The number of hydrogen-bond donors (Lipinski definition) is 1. The van der Waals surface area contributed by atoms with Gasteiger partial charge in [0.2, 0.25) is 0 Å². The molecular weight excluding hydrogens is 208 g/mol. The van der Waals surface area contributed by atoms with Gasteiger partial charge in [0.05, 0.1) is 5.60 Å². The fourth-order valence-electron chi connectivity index (χ4n) is 2.77. The molecule has 2 aromatic carbocycles. The van der Waals surface area contributed by atoms with E-state index in [0.29, 0.717) is 6.42 Å². The first-order valence-electron chi connectivity index (χ1n) is 6.04. The Morgan fingerprint density at radius 3 is 2.24 bits per heavy atom. The Morgan fingerprint density at radius 1 is 0.882 bits per heavy atom. The summed E-state index contributed by atoms with van der Waals surface area (Å²) in [6.07, 6.45) is 1.61. The molecule has 1 N–H and O–H groups in total. The van der Waals surface area contributed by atoms with E-state index in [4.69, 9.17) is 0 Å². The minimum absolute atomic E-state index is 0.695. The van der Waals surface area contributed by atoms with Crippen LogP contribution in [0.1, 0.15) is 29.2 Å². The van der Waals surface area contributed by atoms with Gasteiger partial charge in [-0.1, -0.05) is 48.5 Å². The molecule has 0 spiro atoms. The Bertz CT molecular complexity index is 555. The third kappa shape index (κ3) is 1.77. The molecule has 1 nitrogen and oxygen atoms in total. The first-order chi connectivity index (χ1) is 8.17. The molecule has 1 heteroatoms. The molecule has 3 rings (SSSR count). The molecule has 17 heavy (non-hydrogen) atoms. The van der Waals surface area contributed by atoms with E-state index < -0.39 is 5.60 Å². The van der Waals surface area contributed by atoms with Crippen molar-refractivity contribution in [1.82, 2.24) is 0 Å². The van der Waals surface area contributed by atoms with E-state index in [1.165, 1.54) is 16.7 Å². The molecule has 0 heterocycles. The molecule has 1 unspecified atom stereocenters. The summed E-state index contributed by atoms with van der Waals surface area (Å²) in [5.41, 5.74) is 4.13. The maximum atomic E-state index is 10.7. The second-order valence-corrected chi connectivity index (χ2v) is 5.05. The maximum Gasteiger partial charge on any atom is 0.0911 e. The maximum absolute atomic E-state index is 10.7. The lowest BCUT2D eigenvalue weighted by Gasteiger charge is -2.24. The molecule has 0 radical (unpaired) electrons. The summed E-state index contributed by atoms with van der Waals surface area (Å²) < 4.78 is 0. The first kappa shape index (κ1) is 10.5. The van der Waals surface area contributed by atoms with Crippen molar-refractivity contribution in [2.75, 3.05) is 0 Å². The highest BCUT2D eigenvalue weighted by atomic mass is 16.3. The van der Waals surface area contributed by atoms with E-state index >= 15 is 0 Å². The Balaban J connectivity index is 2.21. The van der Waals surface area contributed by atoms with Crippen LogP contribution in [0.3, 0.4) is 0 Å². The lowest BCUT2D eigenvalue weighted by atomic mass is 9.89.